The topological polar surface area (TPSA) is 52.8 Å². The predicted molar refractivity (Wildman–Crippen MR) is 103 cm³/mol. The third kappa shape index (κ3) is 5.42. The van der Waals surface area contributed by atoms with Crippen LogP contribution in [-0.4, -0.2) is 60.5 Å². The fourth-order valence-electron chi connectivity index (χ4n) is 3.14. The molecule has 10 heteroatoms. The van der Waals surface area contributed by atoms with Crippen LogP contribution in [0.4, 0.5) is 19.0 Å². The molecule has 3 heterocycles. The minimum atomic E-state index is -4.48. The molecule has 3 rings (SSSR count). The number of piperazine rings is 1. The van der Waals surface area contributed by atoms with Crippen LogP contribution in [0, 0.1) is 6.92 Å². The molecule has 1 saturated heterocycles. The molecule has 1 fully saturated rings. The highest BCUT2D eigenvalue weighted by atomic mass is 35.5. The van der Waals surface area contributed by atoms with E-state index in [1.54, 1.807) is 11.9 Å². The maximum atomic E-state index is 12.8. The summed E-state index contributed by atoms with van der Waals surface area (Å²) in [6.07, 6.45) is -3.68. The van der Waals surface area contributed by atoms with Crippen LogP contribution in [-0.2, 0) is 17.5 Å². The summed E-state index contributed by atoms with van der Waals surface area (Å²) in [6, 6.07) is 4.59. The Morgan fingerprint density at radius 3 is 2.52 bits per heavy atom. The van der Waals surface area contributed by atoms with Gasteiger partial charge in [0.2, 0.25) is 5.91 Å². The molecule has 0 aliphatic carbocycles. The fourth-order valence-corrected chi connectivity index (χ4v) is 3.43. The second-order valence-corrected chi connectivity index (χ2v) is 7.46. The SMILES string of the molecule is Cc1ccc(CN(C)C(=O)CN2CCN(c3ncc(C(F)(F)F)cc3Cl)CC2)o1. The summed E-state index contributed by atoms with van der Waals surface area (Å²) in [5.74, 6) is 1.83. The number of halogens is 4. The van der Waals surface area contributed by atoms with Crippen molar-refractivity contribution in [3.05, 3.63) is 46.5 Å². The highest BCUT2D eigenvalue weighted by molar-refractivity contribution is 6.33. The highest BCUT2D eigenvalue weighted by Gasteiger charge is 2.32. The number of amides is 1. The van der Waals surface area contributed by atoms with Crippen molar-refractivity contribution in [2.75, 3.05) is 44.7 Å². The van der Waals surface area contributed by atoms with E-state index in [-0.39, 0.29) is 17.5 Å². The Kier molecular flexibility index (Phi) is 6.38. The minimum absolute atomic E-state index is 0.0295. The minimum Gasteiger partial charge on any atom is -0.464 e. The number of hydrogen-bond donors (Lipinski definition) is 0. The number of likely N-dealkylation sites (N-methyl/N-ethyl adjacent to an activating group) is 1. The Labute approximate surface area is 171 Å². The zero-order valence-corrected chi connectivity index (χ0v) is 16.9. The van der Waals surface area contributed by atoms with Crippen LogP contribution in [0.15, 0.2) is 28.8 Å². The van der Waals surface area contributed by atoms with Crippen molar-refractivity contribution >= 4 is 23.3 Å². The molecular formula is C19H22ClF3N4O2. The molecule has 0 spiro atoms. The first-order valence-electron chi connectivity index (χ1n) is 9.13. The summed E-state index contributed by atoms with van der Waals surface area (Å²) in [5.41, 5.74) is -0.870. The van der Waals surface area contributed by atoms with Crippen LogP contribution in [0.5, 0.6) is 0 Å². The van der Waals surface area contributed by atoms with E-state index >= 15 is 0 Å². The van der Waals surface area contributed by atoms with E-state index in [0.717, 1.165) is 23.8 Å². The lowest BCUT2D eigenvalue weighted by molar-refractivity contribution is -0.137. The van der Waals surface area contributed by atoms with Gasteiger partial charge in [-0.25, -0.2) is 4.98 Å². The number of hydrogen-bond acceptors (Lipinski definition) is 5. The second kappa shape index (κ2) is 8.62. The summed E-state index contributed by atoms with van der Waals surface area (Å²) >= 11 is 6.02. The van der Waals surface area contributed by atoms with E-state index in [1.165, 1.54) is 0 Å². The first-order valence-corrected chi connectivity index (χ1v) is 9.50. The number of aromatic nitrogens is 1. The van der Waals surface area contributed by atoms with Crippen LogP contribution in [0.3, 0.4) is 0 Å². The smallest absolute Gasteiger partial charge is 0.417 e. The number of carbonyl (C=O) groups excluding carboxylic acids is 1. The van der Waals surface area contributed by atoms with E-state index in [9.17, 15) is 18.0 Å². The van der Waals surface area contributed by atoms with Crippen molar-refractivity contribution in [2.24, 2.45) is 0 Å². The maximum Gasteiger partial charge on any atom is 0.417 e. The predicted octanol–water partition coefficient (Wildman–Crippen LogP) is 3.44. The molecule has 1 aliphatic rings. The molecular weight excluding hydrogens is 409 g/mol. The van der Waals surface area contributed by atoms with Gasteiger partial charge >= 0.3 is 6.18 Å². The molecule has 0 N–H and O–H groups in total. The lowest BCUT2D eigenvalue weighted by Gasteiger charge is -2.36. The Balaban J connectivity index is 1.52. The molecule has 0 radical (unpaired) electrons. The van der Waals surface area contributed by atoms with E-state index in [2.05, 4.69) is 4.98 Å². The summed E-state index contributed by atoms with van der Waals surface area (Å²) in [7, 11) is 1.72. The number of carbonyl (C=O) groups is 1. The number of pyridine rings is 1. The van der Waals surface area contributed by atoms with Gasteiger partial charge in [-0.2, -0.15) is 13.2 Å². The van der Waals surface area contributed by atoms with Crippen LogP contribution < -0.4 is 4.90 Å². The van der Waals surface area contributed by atoms with Crippen molar-refractivity contribution in [3.63, 3.8) is 0 Å². The van der Waals surface area contributed by atoms with Gasteiger partial charge in [-0.1, -0.05) is 11.6 Å². The van der Waals surface area contributed by atoms with Crippen LogP contribution in [0.1, 0.15) is 17.1 Å². The van der Waals surface area contributed by atoms with Crippen molar-refractivity contribution in [2.45, 2.75) is 19.6 Å². The van der Waals surface area contributed by atoms with Gasteiger partial charge in [0.1, 0.15) is 17.3 Å². The summed E-state index contributed by atoms with van der Waals surface area (Å²) in [4.78, 5) is 21.8. The highest BCUT2D eigenvalue weighted by Crippen LogP contribution is 2.33. The Bertz CT molecular complexity index is 863. The second-order valence-electron chi connectivity index (χ2n) is 7.05. The van der Waals surface area contributed by atoms with E-state index in [0.29, 0.717) is 38.5 Å². The van der Waals surface area contributed by atoms with Crippen molar-refractivity contribution in [1.29, 1.82) is 0 Å². The zero-order chi connectivity index (χ0) is 21.2. The van der Waals surface area contributed by atoms with Crippen LogP contribution in [0.25, 0.3) is 0 Å². The van der Waals surface area contributed by atoms with Crippen LogP contribution in [0.2, 0.25) is 5.02 Å². The first-order chi connectivity index (χ1) is 13.6. The molecule has 1 aliphatic heterocycles. The van der Waals surface area contributed by atoms with Crippen molar-refractivity contribution in [1.82, 2.24) is 14.8 Å². The van der Waals surface area contributed by atoms with Crippen molar-refractivity contribution < 1.29 is 22.4 Å². The molecule has 0 bridgehead atoms. The summed E-state index contributed by atoms with van der Waals surface area (Å²) in [5, 5.41) is -0.0298. The molecule has 2 aromatic rings. The lowest BCUT2D eigenvalue weighted by atomic mass is 10.2. The van der Waals surface area contributed by atoms with Gasteiger partial charge in [-0.05, 0) is 25.1 Å². The summed E-state index contributed by atoms with van der Waals surface area (Å²) < 4.78 is 43.8. The summed E-state index contributed by atoms with van der Waals surface area (Å²) in [6.45, 7) is 4.72. The zero-order valence-electron chi connectivity index (χ0n) is 16.2. The quantitative estimate of drug-likeness (QED) is 0.727. The largest absolute Gasteiger partial charge is 0.464 e. The van der Waals surface area contributed by atoms with E-state index in [4.69, 9.17) is 16.0 Å². The molecule has 2 aromatic heterocycles. The lowest BCUT2D eigenvalue weighted by Crippen LogP contribution is -2.50. The Morgan fingerprint density at radius 1 is 1.28 bits per heavy atom. The number of alkyl halides is 3. The van der Waals surface area contributed by atoms with Gasteiger partial charge in [-0.15, -0.1) is 0 Å². The normalized spacial score (nSPS) is 15.6. The number of anilines is 1. The van der Waals surface area contributed by atoms with Gasteiger partial charge in [0.15, 0.2) is 0 Å². The molecule has 0 aromatic carbocycles. The van der Waals surface area contributed by atoms with E-state index in [1.807, 2.05) is 28.9 Å². The average Bonchev–Trinajstić information content (AvgIpc) is 3.06. The van der Waals surface area contributed by atoms with E-state index < -0.39 is 11.7 Å². The number of aryl methyl sites for hydroxylation is 1. The van der Waals surface area contributed by atoms with Crippen LogP contribution >= 0.6 is 11.6 Å². The standard InChI is InChI=1S/C19H22ClF3N4O2/c1-13-3-4-15(29-13)11-25(2)17(28)12-26-5-7-27(8-6-26)18-16(20)9-14(10-24-18)19(21,22)23/h3-4,9-10H,5-8,11-12H2,1-2H3. The number of rotatable bonds is 5. The van der Waals surface area contributed by atoms with Crippen molar-refractivity contribution in [3.8, 4) is 0 Å². The monoisotopic (exact) mass is 430 g/mol. The number of nitrogens with zero attached hydrogens (tertiary/aromatic N) is 4. The van der Waals surface area contributed by atoms with Gasteiger partial charge in [0, 0.05) is 39.4 Å². The van der Waals surface area contributed by atoms with Gasteiger partial charge in [0.25, 0.3) is 0 Å². The molecule has 158 valence electrons. The molecule has 29 heavy (non-hydrogen) atoms. The fraction of sp³-hybridized carbons (Fsp3) is 0.474. The molecule has 0 atom stereocenters. The first kappa shape index (κ1) is 21.4. The molecule has 0 saturated carbocycles. The van der Waals surface area contributed by atoms with Gasteiger partial charge in [0.05, 0.1) is 23.7 Å². The Hall–Kier alpha value is -2.26. The third-order valence-electron chi connectivity index (χ3n) is 4.79. The maximum absolute atomic E-state index is 12.8. The molecule has 1 amide bonds. The average molecular weight is 431 g/mol. The third-order valence-corrected chi connectivity index (χ3v) is 5.07. The number of furan rings is 1. The molecule has 0 unspecified atom stereocenters. The van der Waals surface area contributed by atoms with Gasteiger partial charge < -0.3 is 14.2 Å². The Morgan fingerprint density at radius 2 is 1.97 bits per heavy atom. The van der Waals surface area contributed by atoms with Gasteiger partial charge in [-0.3, -0.25) is 9.69 Å². The molecule has 6 nitrogen and oxygen atoms in total.